The number of hydrogen-bond donors (Lipinski definition) is 0. The highest BCUT2D eigenvalue weighted by molar-refractivity contribution is 5.71. The van der Waals surface area contributed by atoms with Crippen molar-refractivity contribution in [1.82, 2.24) is 0 Å². The van der Waals surface area contributed by atoms with E-state index in [4.69, 9.17) is 14.2 Å². The van der Waals surface area contributed by atoms with Gasteiger partial charge >= 0.3 is 17.9 Å². The first kappa shape index (κ1) is 50.4. The van der Waals surface area contributed by atoms with Gasteiger partial charge in [0.25, 0.3) is 0 Å². The Kier molecular flexibility index (Phi) is 37.9. The molecular formula is C46H88O6. The van der Waals surface area contributed by atoms with Crippen molar-refractivity contribution in [3.63, 3.8) is 0 Å². The van der Waals surface area contributed by atoms with Crippen LogP contribution in [0.2, 0.25) is 0 Å². The number of esters is 3. The van der Waals surface area contributed by atoms with Gasteiger partial charge in [0.1, 0.15) is 13.2 Å². The maximum absolute atomic E-state index is 12.5. The fourth-order valence-corrected chi connectivity index (χ4v) is 6.75. The summed E-state index contributed by atoms with van der Waals surface area (Å²) in [6.45, 7) is 11.3. The SMILES string of the molecule is CCCCCCCC(=O)O[C@@H](COC(=O)CCCCCCCCCCCCCCCC(C)C)COC(=O)CCCCCCCCCCCCC(C)C. The van der Waals surface area contributed by atoms with E-state index in [2.05, 4.69) is 34.6 Å². The molecule has 0 aliphatic heterocycles. The lowest BCUT2D eigenvalue weighted by molar-refractivity contribution is -0.167. The summed E-state index contributed by atoms with van der Waals surface area (Å²) in [5.41, 5.74) is 0. The predicted molar refractivity (Wildman–Crippen MR) is 220 cm³/mol. The van der Waals surface area contributed by atoms with E-state index in [-0.39, 0.29) is 31.1 Å². The van der Waals surface area contributed by atoms with Gasteiger partial charge in [0.15, 0.2) is 6.10 Å². The largest absolute Gasteiger partial charge is 0.462 e. The number of carbonyl (C=O) groups is 3. The first-order valence-corrected chi connectivity index (χ1v) is 22.7. The quantitative estimate of drug-likeness (QED) is 0.0354. The van der Waals surface area contributed by atoms with Gasteiger partial charge in [0.05, 0.1) is 0 Å². The van der Waals surface area contributed by atoms with E-state index in [1.54, 1.807) is 0 Å². The van der Waals surface area contributed by atoms with Crippen molar-refractivity contribution in [2.45, 2.75) is 253 Å². The zero-order chi connectivity index (χ0) is 38.3. The highest BCUT2D eigenvalue weighted by Crippen LogP contribution is 2.16. The molecule has 52 heavy (non-hydrogen) atoms. The van der Waals surface area contributed by atoms with Crippen LogP contribution in [0.15, 0.2) is 0 Å². The zero-order valence-electron chi connectivity index (χ0n) is 35.4. The summed E-state index contributed by atoms with van der Waals surface area (Å²) in [7, 11) is 0. The molecule has 0 amide bonds. The van der Waals surface area contributed by atoms with Crippen LogP contribution >= 0.6 is 0 Å². The number of rotatable bonds is 40. The molecule has 0 aliphatic rings. The molecule has 0 aromatic heterocycles. The van der Waals surface area contributed by atoms with Crippen molar-refractivity contribution in [3.05, 3.63) is 0 Å². The van der Waals surface area contributed by atoms with Crippen LogP contribution in [0, 0.1) is 11.8 Å². The van der Waals surface area contributed by atoms with Crippen LogP contribution in [-0.4, -0.2) is 37.2 Å². The summed E-state index contributed by atoms with van der Waals surface area (Å²) >= 11 is 0. The fraction of sp³-hybridized carbons (Fsp3) is 0.935. The minimum Gasteiger partial charge on any atom is -0.462 e. The lowest BCUT2D eigenvalue weighted by Crippen LogP contribution is -2.30. The molecule has 0 spiro atoms. The second kappa shape index (κ2) is 39.1. The van der Waals surface area contributed by atoms with Crippen molar-refractivity contribution in [2.24, 2.45) is 11.8 Å². The summed E-state index contributed by atoms with van der Waals surface area (Å²) in [4.78, 5) is 37.4. The van der Waals surface area contributed by atoms with Gasteiger partial charge in [-0.15, -0.1) is 0 Å². The van der Waals surface area contributed by atoms with Crippen molar-refractivity contribution in [3.8, 4) is 0 Å². The Balaban J connectivity index is 4.13. The van der Waals surface area contributed by atoms with E-state index in [9.17, 15) is 14.4 Å². The average molecular weight is 737 g/mol. The highest BCUT2D eigenvalue weighted by Gasteiger charge is 2.19. The maximum Gasteiger partial charge on any atom is 0.306 e. The van der Waals surface area contributed by atoms with Crippen LogP contribution < -0.4 is 0 Å². The van der Waals surface area contributed by atoms with E-state index < -0.39 is 6.10 Å². The second-order valence-electron chi connectivity index (χ2n) is 16.6. The third-order valence-corrected chi connectivity index (χ3v) is 10.2. The van der Waals surface area contributed by atoms with Crippen molar-refractivity contribution in [2.75, 3.05) is 13.2 Å². The molecule has 0 aromatic rings. The van der Waals surface area contributed by atoms with Gasteiger partial charge in [-0.25, -0.2) is 0 Å². The second-order valence-corrected chi connectivity index (χ2v) is 16.6. The third kappa shape index (κ3) is 39.6. The van der Waals surface area contributed by atoms with Crippen molar-refractivity contribution < 1.29 is 28.6 Å². The Morgan fingerprint density at radius 2 is 0.635 bits per heavy atom. The minimum absolute atomic E-state index is 0.0661. The van der Waals surface area contributed by atoms with E-state index in [0.717, 1.165) is 76.0 Å². The summed E-state index contributed by atoms with van der Waals surface area (Å²) in [5.74, 6) is 0.787. The first-order chi connectivity index (χ1) is 25.2. The molecule has 0 fully saturated rings. The van der Waals surface area contributed by atoms with Crippen molar-refractivity contribution in [1.29, 1.82) is 0 Å². The summed E-state index contributed by atoms with van der Waals surface area (Å²) in [6.07, 6.45) is 36.9. The van der Waals surface area contributed by atoms with Gasteiger partial charge in [-0.05, 0) is 31.1 Å². The maximum atomic E-state index is 12.5. The van der Waals surface area contributed by atoms with E-state index in [1.165, 1.54) is 128 Å². The molecule has 0 heterocycles. The van der Waals surface area contributed by atoms with Crippen LogP contribution in [0.4, 0.5) is 0 Å². The zero-order valence-corrected chi connectivity index (χ0v) is 35.4. The predicted octanol–water partition coefficient (Wildman–Crippen LogP) is 14.2. The van der Waals surface area contributed by atoms with Gasteiger partial charge in [-0.1, -0.05) is 208 Å². The average Bonchev–Trinajstić information content (AvgIpc) is 3.11. The molecule has 0 radical (unpaired) electrons. The normalized spacial score (nSPS) is 12.1. The third-order valence-electron chi connectivity index (χ3n) is 10.2. The fourth-order valence-electron chi connectivity index (χ4n) is 6.75. The molecule has 0 saturated carbocycles. The Labute approximate surface area is 323 Å². The molecule has 0 bridgehead atoms. The van der Waals surface area contributed by atoms with E-state index >= 15 is 0 Å². The van der Waals surface area contributed by atoms with Gasteiger partial charge in [-0.2, -0.15) is 0 Å². The molecule has 0 rings (SSSR count). The number of carbonyl (C=O) groups excluding carboxylic acids is 3. The summed E-state index contributed by atoms with van der Waals surface area (Å²) < 4.78 is 16.6. The Bertz CT molecular complexity index is 794. The van der Waals surface area contributed by atoms with Gasteiger partial charge < -0.3 is 14.2 Å². The topological polar surface area (TPSA) is 78.9 Å². The molecule has 0 aliphatic carbocycles. The Morgan fingerprint density at radius 1 is 0.365 bits per heavy atom. The number of unbranched alkanes of at least 4 members (excludes halogenated alkanes) is 25. The lowest BCUT2D eigenvalue weighted by atomic mass is 10.0. The molecule has 0 saturated heterocycles. The molecule has 0 unspecified atom stereocenters. The van der Waals surface area contributed by atoms with Crippen LogP contribution in [-0.2, 0) is 28.6 Å². The highest BCUT2D eigenvalue weighted by atomic mass is 16.6. The Hall–Kier alpha value is -1.59. The molecule has 0 aromatic carbocycles. The van der Waals surface area contributed by atoms with Crippen LogP contribution in [0.5, 0.6) is 0 Å². The van der Waals surface area contributed by atoms with Gasteiger partial charge in [0, 0.05) is 19.3 Å². The number of ether oxygens (including phenoxy) is 3. The van der Waals surface area contributed by atoms with Gasteiger partial charge in [0.2, 0.25) is 0 Å². The van der Waals surface area contributed by atoms with Crippen LogP contribution in [0.1, 0.15) is 247 Å². The molecule has 6 nitrogen and oxygen atoms in total. The van der Waals surface area contributed by atoms with Gasteiger partial charge in [-0.3, -0.25) is 14.4 Å². The van der Waals surface area contributed by atoms with E-state index in [0.29, 0.717) is 19.3 Å². The standard InChI is InChI=1S/C46H88O6/c1-6-7-8-24-33-38-46(49)52-43(40-51-45(48)37-32-28-23-19-15-14-17-21-26-30-35-42(4)5)39-50-44(47)36-31-27-22-18-13-11-9-10-12-16-20-25-29-34-41(2)3/h41-43H,6-40H2,1-5H3/t43-/m0/s1. The molecular weight excluding hydrogens is 649 g/mol. The summed E-state index contributed by atoms with van der Waals surface area (Å²) in [6, 6.07) is 0. The molecule has 0 N–H and O–H groups in total. The molecule has 308 valence electrons. The lowest BCUT2D eigenvalue weighted by Gasteiger charge is -2.18. The monoisotopic (exact) mass is 737 g/mol. The first-order valence-electron chi connectivity index (χ1n) is 22.7. The van der Waals surface area contributed by atoms with E-state index in [1.807, 2.05) is 0 Å². The van der Waals surface area contributed by atoms with Crippen molar-refractivity contribution >= 4 is 17.9 Å². The minimum atomic E-state index is -0.758. The number of hydrogen-bond acceptors (Lipinski definition) is 6. The molecule has 1 atom stereocenters. The van der Waals surface area contributed by atoms with Crippen LogP contribution in [0.3, 0.4) is 0 Å². The van der Waals surface area contributed by atoms with Crippen LogP contribution in [0.25, 0.3) is 0 Å². The summed E-state index contributed by atoms with van der Waals surface area (Å²) in [5, 5.41) is 0. The smallest absolute Gasteiger partial charge is 0.306 e. The Morgan fingerprint density at radius 3 is 0.942 bits per heavy atom. The molecule has 6 heteroatoms.